The summed E-state index contributed by atoms with van der Waals surface area (Å²) in [6, 6.07) is 14.2. The molecule has 3 rings (SSSR count). The number of rotatable bonds is 6. The average molecular weight is 387 g/mol. The average Bonchev–Trinajstić information content (AvgIpc) is 2.98. The summed E-state index contributed by atoms with van der Waals surface area (Å²) in [6.45, 7) is 5.01. The van der Waals surface area contributed by atoms with E-state index in [0.29, 0.717) is 5.75 Å². The van der Waals surface area contributed by atoms with E-state index in [2.05, 4.69) is 35.5 Å². The van der Waals surface area contributed by atoms with Crippen LogP contribution >= 0.6 is 23.1 Å². The zero-order valence-corrected chi connectivity index (χ0v) is 16.8. The van der Waals surface area contributed by atoms with Crippen molar-refractivity contribution in [2.24, 2.45) is 4.99 Å². The molecule has 0 spiro atoms. The van der Waals surface area contributed by atoms with E-state index < -0.39 is 0 Å². The van der Waals surface area contributed by atoms with Crippen LogP contribution in [0.3, 0.4) is 0 Å². The monoisotopic (exact) mass is 386 g/mol. The van der Waals surface area contributed by atoms with E-state index in [-0.39, 0.29) is 5.91 Å². The molecule has 1 heterocycles. The second-order valence-corrected chi connectivity index (χ2v) is 8.04. The summed E-state index contributed by atoms with van der Waals surface area (Å²) >= 11 is 3.05. The van der Waals surface area contributed by atoms with Gasteiger partial charge in [-0.1, -0.05) is 36.0 Å². The molecule has 0 saturated heterocycles. The predicted octanol–water partition coefficient (Wildman–Crippen LogP) is 4.65. The number of thioether (sulfide) groups is 1. The molecule has 0 unspecified atom stereocenters. The third-order valence-electron chi connectivity index (χ3n) is 3.94. The Morgan fingerprint density at radius 3 is 2.69 bits per heavy atom. The summed E-state index contributed by atoms with van der Waals surface area (Å²) in [5.74, 6) is 1.04. The second kappa shape index (κ2) is 8.56. The van der Waals surface area contributed by atoms with E-state index >= 15 is 0 Å². The number of amides is 1. The van der Waals surface area contributed by atoms with Crippen LogP contribution in [0.15, 0.2) is 52.4 Å². The number of hydrogen-bond donors (Lipinski definition) is 0. The topological polar surface area (TPSA) is 43.6 Å². The van der Waals surface area contributed by atoms with Crippen molar-refractivity contribution in [3.05, 3.63) is 52.8 Å². The number of carbonyl (C=O) groups excluding carboxylic acids is 1. The summed E-state index contributed by atoms with van der Waals surface area (Å²) in [7, 11) is 1.66. The van der Waals surface area contributed by atoms with Crippen molar-refractivity contribution in [2.75, 3.05) is 12.9 Å². The molecule has 2 aromatic carbocycles. The lowest BCUT2D eigenvalue weighted by atomic mass is 10.2. The lowest BCUT2D eigenvalue weighted by Crippen LogP contribution is -2.17. The summed E-state index contributed by atoms with van der Waals surface area (Å²) in [5, 5.41) is 0. The van der Waals surface area contributed by atoms with Crippen LogP contribution in [0.25, 0.3) is 10.2 Å². The summed E-state index contributed by atoms with van der Waals surface area (Å²) in [6.07, 6.45) is 0.983. The fraction of sp³-hybridized carbons (Fsp3) is 0.300. The molecule has 0 N–H and O–H groups in total. The van der Waals surface area contributed by atoms with Gasteiger partial charge in [-0.15, -0.1) is 11.8 Å². The summed E-state index contributed by atoms with van der Waals surface area (Å²) in [5.41, 5.74) is 2.31. The van der Waals surface area contributed by atoms with E-state index in [1.807, 2.05) is 30.3 Å². The van der Waals surface area contributed by atoms with Crippen LogP contribution in [0.5, 0.6) is 5.75 Å². The van der Waals surface area contributed by atoms with Crippen molar-refractivity contribution in [1.29, 1.82) is 0 Å². The number of carbonyl (C=O) groups is 1. The lowest BCUT2D eigenvalue weighted by molar-refractivity contribution is -0.115. The van der Waals surface area contributed by atoms with E-state index in [0.717, 1.165) is 38.6 Å². The van der Waals surface area contributed by atoms with Crippen LogP contribution in [-0.2, 0) is 11.3 Å². The molecule has 0 atom stereocenters. The number of aryl methyl sites for hydroxylation is 2. The molecule has 0 saturated carbocycles. The van der Waals surface area contributed by atoms with Gasteiger partial charge in [0.2, 0.25) is 0 Å². The van der Waals surface area contributed by atoms with Crippen LogP contribution in [0, 0.1) is 6.92 Å². The standard InChI is InChI=1S/C20H22N2O2S2/c1-4-11-22-17-10-7-15(24-3)12-18(17)26-20(22)21-19(23)13-25-16-8-5-14(2)6-9-16/h5-10,12H,4,11,13H2,1-3H3. The highest BCUT2D eigenvalue weighted by molar-refractivity contribution is 8.00. The largest absolute Gasteiger partial charge is 0.497 e. The van der Waals surface area contributed by atoms with Gasteiger partial charge in [-0.25, -0.2) is 0 Å². The number of methoxy groups -OCH3 is 1. The maximum Gasteiger partial charge on any atom is 0.258 e. The number of hydrogen-bond acceptors (Lipinski definition) is 4. The van der Waals surface area contributed by atoms with Crippen LogP contribution in [-0.4, -0.2) is 23.3 Å². The Morgan fingerprint density at radius 1 is 1.23 bits per heavy atom. The van der Waals surface area contributed by atoms with Gasteiger partial charge in [0, 0.05) is 11.4 Å². The van der Waals surface area contributed by atoms with Gasteiger partial charge in [-0.05, 0) is 43.7 Å². The van der Waals surface area contributed by atoms with Gasteiger partial charge in [-0.2, -0.15) is 4.99 Å². The molecule has 6 heteroatoms. The number of nitrogens with zero attached hydrogens (tertiary/aromatic N) is 2. The van der Waals surface area contributed by atoms with Crippen molar-refractivity contribution >= 4 is 39.2 Å². The quantitative estimate of drug-likeness (QED) is 0.579. The molecule has 0 fully saturated rings. The maximum absolute atomic E-state index is 12.4. The first-order chi connectivity index (χ1) is 12.6. The molecule has 0 aliphatic heterocycles. The number of aromatic nitrogens is 1. The molecule has 0 aliphatic carbocycles. The molecule has 3 aromatic rings. The molecule has 1 amide bonds. The van der Waals surface area contributed by atoms with E-state index in [9.17, 15) is 4.79 Å². The van der Waals surface area contributed by atoms with E-state index in [1.165, 1.54) is 28.7 Å². The molecule has 26 heavy (non-hydrogen) atoms. The third-order valence-corrected chi connectivity index (χ3v) is 5.98. The van der Waals surface area contributed by atoms with Gasteiger partial charge in [0.05, 0.1) is 23.1 Å². The predicted molar refractivity (Wildman–Crippen MR) is 109 cm³/mol. The Bertz CT molecular complexity index is 972. The minimum absolute atomic E-state index is 0.112. The van der Waals surface area contributed by atoms with Crippen molar-refractivity contribution in [3.63, 3.8) is 0 Å². The first-order valence-corrected chi connectivity index (χ1v) is 10.4. The normalized spacial score (nSPS) is 11.9. The van der Waals surface area contributed by atoms with Crippen molar-refractivity contribution in [3.8, 4) is 5.75 Å². The van der Waals surface area contributed by atoms with Crippen molar-refractivity contribution in [2.45, 2.75) is 31.7 Å². The van der Waals surface area contributed by atoms with Gasteiger partial charge < -0.3 is 9.30 Å². The molecule has 0 radical (unpaired) electrons. The van der Waals surface area contributed by atoms with E-state index in [4.69, 9.17) is 4.74 Å². The first kappa shape index (κ1) is 18.7. The molecule has 1 aromatic heterocycles. The third kappa shape index (κ3) is 4.37. The Morgan fingerprint density at radius 2 is 2.00 bits per heavy atom. The number of benzene rings is 2. The Hall–Kier alpha value is -2.05. The molecular formula is C20H22N2O2S2. The number of ether oxygens (including phenoxy) is 1. The Labute approximate surface area is 161 Å². The first-order valence-electron chi connectivity index (χ1n) is 8.55. The molecule has 4 nitrogen and oxygen atoms in total. The fourth-order valence-electron chi connectivity index (χ4n) is 2.62. The fourth-order valence-corrected chi connectivity index (χ4v) is 4.41. The highest BCUT2D eigenvalue weighted by Gasteiger charge is 2.09. The van der Waals surface area contributed by atoms with Gasteiger partial charge in [0.1, 0.15) is 5.75 Å². The van der Waals surface area contributed by atoms with Crippen LogP contribution < -0.4 is 9.54 Å². The maximum atomic E-state index is 12.4. The summed E-state index contributed by atoms with van der Waals surface area (Å²) in [4.78, 5) is 18.6. The van der Waals surface area contributed by atoms with Crippen molar-refractivity contribution in [1.82, 2.24) is 4.57 Å². The highest BCUT2D eigenvalue weighted by atomic mass is 32.2. The van der Waals surface area contributed by atoms with Crippen LogP contribution in [0.1, 0.15) is 18.9 Å². The number of fused-ring (bicyclic) bond motifs is 1. The van der Waals surface area contributed by atoms with Crippen LogP contribution in [0.2, 0.25) is 0 Å². The molecule has 136 valence electrons. The van der Waals surface area contributed by atoms with E-state index in [1.54, 1.807) is 7.11 Å². The smallest absolute Gasteiger partial charge is 0.258 e. The summed E-state index contributed by atoms with van der Waals surface area (Å²) < 4.78 is 8.50. The second-order valence-electron chi connectivity index (χ2n) is 5.98. The highest BCUT2D eigenvalue weighted by Crippen LogP contribution is 2.23. The van der Waals surface area contributed by atoms with Gasteiger partial charge in [0.25, 0.3) is 5.91 Å². The molecular weight excluding hydrogens is 364 g/mol. The Kier molecular flexibility index (Phi) is 6.16. The minimum atomic E-state index is -0.112. The van der Waals surface area contributed by atoms with Crippen molar-refractivity contribution < 1.29 is 9.53 Å². The molecule has 0 aliphatic rings. The van der Waals surface area contributed by atoms with Gasteiger partial charge in [-0.3, -0.25) is 4.79 Å². The Balaban J connectivity index is 1.85. The molecule has 0 bridgehead atoms. The lowest BCUT2D eigenvalue weighted by Gasteiger charge is -2.04. The number of thiazole rings is 1. The van der Waals surface area contributed by atoms with Crippen LogP contribution in [0.4, 0.5) is 0 Å². The SMILES string of the molecule is CCCn1c(=NC(=O)CSc2ccc(C)cc2)sc2cc(OC)ccc21. The zero-order valence-electron chi connectivity index (χ0n) is 15.2. The minimum Gasteiger partial charge on any atom is -0.497 e. The van der Waals surface area contributed by atoms with Gasteiger partial charge >= 0.3 is 0 Å². The zero-order chi connectivity index (χ0) is 18.5. The van der Waals surface area contributed by atoms with Gasteiger partial charge in [0.15, 0.2) is 4.80 Å².